The number of allylic oxidation sites excluding steroid dienone is 1. The fourth-order valence-electron chi connectivity index (χ4n) is 3.67. The molecule has 0 aliphatic carbocycles. The highest BCUT2D eigenvalue weighted by atomic mass is 35.5. The summed E-state index contributed by atoms with van der Waals surface area (Å²) in [7, 11) is 0. The molecular formula is C24H21ClN6O2S. The molecule has 0 spiro atoms. The Hall–Kier alpha value is -3.69. The van der Waals surface area contributed by atoms with Crippen molar-refractivity contribution in [2.75, 3.05) is 10.6 Å². The number of anilines is 2. The number of nitrogens with one attached hydrogen (secondary N) is 3. The van der Waals surface area contributed by atoms with Gasteiger partial charge in [-0.2, -0.15) is 4.98 Å². The summed E-state index contributed by atoms with van der Waals surface area (Å²) in [5, 5.41) is 12.1. The van der Waals surface area contributed by atoms with Gasteiger partial charge in [0.2, 0.25) is 5.96 Å². The molecule has 3 heterocycles. The summed E-state index contributed by atoms with van der Waals surface area (Å²) >= 11 is 7.90. The van der Waals surface area contributed by atoms with E-state index in [1.807, 2.05) is 61.7 Å². The van der Waals surface area contributed by atoms with Crippen LogP contribution in [0.5, 0.6) is 0 Å². The number of aromatic nitrogens is 2. The van der Waals surface area contributed by atoms with Crippen LogP contribution in [-0.4, -0.2) is 21.8 Å². The van der Waals surface area contributed by atoms with Gasteiger partial charge in [0.15, 0.2) is 10.7 Å². The van der Waals surface area contributed by atoms with E-state index in [0.29, 0.717) is 44.5 Å². The number of halogens is 1. The van der Waals surface area contributed by atoms with E-state index in [1.54, 1.807) is 6.07 Å². The number of guanidine groups is 1. The third kappa shape index (κ3) is 4.40. The van der Waals surface area contributed by atoms with Gasteiger partial charge >= 0.3 is 6.01 Å². The molecule has 10 heteroatoms. The summed E-state index contributed by atoms with van der Waals surface area (Å²) in [6.07, 6.45) is 0.799. The molecule has 34 heavy (non-hydrogen) atoms. The van der Waals surface area contributed by atoms with E-state index in [0.717, 1.165) is 17.6 Å². The second kappa shape index (κ2) is 9.28. The monoisotopic (exact) mass is 492 g/mol. The van der Waals surface area contributed by atoms with Crippen LogP contribution in [0.2, 0.25) is 5.02 Å². The maximum Gasteiger partial charge on any atom is 0.302 e. The highest BCUT2D eigenvalue weighted by Crippen LogP contribution is 2.35. The van der Waals surface area contributed by atoms with E-state index < -0.39 is 6.04 Å². The van der Waals surface area contributed by atoms with Gasteiger partial charge in [0.05, 0.1) is 11.3 Å². The Bertz CT molecular complexity index is 1410. The van der Waals surface area contributed by atoms with Crippen molar-refractivity contribution in [1.29, 1.82) is 0 Å². The molecule has 0 saturated heterocycles. The Balaban J connectivity index is 1.48. The van der Waals surface area contributed by atoms with Crippen LogP contribution >= 0.6 is 22.9 Å². The lowest BCUT2D eigenvalue weighted by Gasteiger charge is -2.26. The maximum atomic E-state index is 13.3. The van der Waals surface area contributed by atoms with Crippen LogP contribution in [-0.2, 0) is 11.2 Å². The van der Waals surface area contributed by atoms with Crippen molar-refractivity contribution in [1.82, 2.24) is 15.3 Å². The molecule has 1 unspecified atom stereocenters. The summed E-state index contributed by atoms with van der Waals surface area (Å²) in [6.45, 7) is 3.84. The molecular weight excluding hydrogens is 472 g/mol. The van der Waals surface area contributed by atoms with Gasteiger partial charge in [-0.05, 0) is 31.5 Å². The molecule has 3 N–H and O–H groups in total. The number of benzene rings is 2. The van der Waals surface area contributed by atoms with Crippen molar-refractivity contribution in [2.24, 2.45) is 4.99 Å². The Morgan fingerprint density at radius 3 is 2.74 bits per heavy atom. The Kier molecular flexibility index (Phi) is 6.04. The van der Waals surface area contributed by atoms with E-state index in [9.17, 15) is 4.79 Å². The maximum absolute atomic E-state index is 13.3. The normalized spacial score (nSPS) is 15.7. The topological polar surface area (TPSA) is 104 Å². The van der Waals surface area contributed by atoms with E-state index in [4.69, 9.17) is 21.0 Å². The first kappa shape index (κ1) is 22.1. The Morgan fingerprint density at radius 1 is 1.18 bits per heavy atom. The van der Waals surface area contributed by atoms with Crippen LogP contribution in [0.25, 0.3) is 11.1 Å². The van der Waals surface area contributed by atoms with Crippen LogP contribution < -0.4 is 16.0 Å². The van der Waals surface area contributed by atoms with E-state index in [1.165, 1.54) is 11.3 Å². The second-order valence-corrected chi connectivity index (χ2v) is 8.89. The lowest BCUT2D eigenvalue weighted by Crippen LogP contribution is -2.37. The number of hydrogen-bond donors (Lipinski definition) is 3. The van der Waals surface area contributed by atoms with E-state index in [-0.39, 0.29) is 5.91 Å². The summed E-state index contributed by atoms with van der Waals surface area (Å²) in [5.74, 6) is 0.102. The second-order valence-electron chi connectivity index (χ2n) is 7.63. The number of hydrogen-bond acceptors (Lipinski definition) is 8. The lowest BCUT2D eigenvalue weighted by atomic mass is 9.95. The third-order valence-corrected chi connectivity index (χ3v) is 6.49. The Labute approximate surface area is 204 Å². The zero-order chi connectivity index (χ0) is 23.7. The van der Waals surface area contributed by atoms with Gasteiger partial charge in [0, 0.05) is 21.7 Å². The Morgan fingerprint density at radius 2 is 1.97 bits per heavy atom. The predicted octanol–water partition coefficient (Wildman–Crippen LogP) is 5.53. The SMILES string of the molecule is CCc1csc(NC(=O)C2=C(C)NC(Nc3nc4ccccc4o3)=NC2c2ccccc2Cl)n1. The van der Waals surface area contributed by atoms with Crippen LogP contribution in [0, 0.1) is 0 Å². The van der Waals surface area contributed by atoms with Gasteiger partial charge in [-0.1, -0.05) is 48.9 Å². The molecule has 5 rings (SSSR count). The minimum Gasteiger partial charge on any atom is -0.423 e. The van der Waals surface area contributed by atoms with Crippen LogP contribution in [0.1, 0.15) is 31.1 Å². The van der Waals surface area contributed by atoms with Crippen LogP contribution in [0.4, 0.5) is 11.1 Å². The number of para-hydroxylation sites is 2. The van der Waals surface area contributed by atoms with E-state index >= 15 is 0 Å². The average Bonchev–Trinajstić information content (AvgIpc) is 3.44. The number of nitrogens with zero attached hydrogens (tertiary/aromatic N) is 3. The average molecular weight is 493 g/mol. The number of aryl methyl sites for hydroxylation is 1. The number of oxazole rings is 1. The molecule has 2 aromatic carbocycles. The first-order valence-corrected chi connectivity index (χ1v) is 12.0. The highest BCUT2D eigenvalue weighted by Gasteiger charge is 2.31. The molecule has 0 fully saturated rings. The molecule has 1 aliphatic heterocycles. The van der Waals surface area contributed by atoms with Crippen molar-refractivity contribution in [3.8, 4) is 0 Å². The van der Waals surface area contributed by atoms with Gasteiger partial charge in [-0.3, -0.25) is 15.4 Å². The standard InChI is InChI=1S/C24H21ClN6O2S/c1-3-14-12-34-24(27-14)30-21(32)19-13(2)26-22(29-20(19)15-8-4-5-9-16(15)25)31-23-28-17-10-6-7-11-18(17)33-23/h4-12,20H,3H2,1-2H3,(H,27,30,32)(H2,26,28,29,31). The van der Waals surface area contributed by atoms with Gasteiger partial charge in [0.25, 0.3) is 5.91 Å². The largest absolute Gasteiger partial charge is 0.423 e. The van der Waals surface area contributed by atoms with Crippen LogP contribution in [0.15, 0.2) is 74.6 Å². The molecule has 0 bridgehead atoms. The number of fused-ring (bicyclic) bond motifs is 1. The van der Waals surface area contributed by atoms with Gasteiger partial charge in [-0.25, -0.2) is 9.98 Å². The molecule has 4 aromatic rings. The van der Waals surface area contributed by atoms with Gasteiger partial charge in [0.1, 0.15) is 11.6 Å². The van der Waals surface area contributed by atoms with Crippen molar-refractivity contribution in [3.63, 3.8) is 0 Å². The minimum absolute atomic E-state index is 0.293. The smallest absolute Gasteiger partial charge is 0.302 e. The zero-order valence-electron chi connectivity index (χ0n) is 18.4. The van der Waals surface area contributed by atoms with Crippen LogP contribution in [0.3, 0.4) is 0 Å². The number of rotatable bonds is 5. The molecule has 0 saturated carbocycles. The van der Waals surface area contributed by atoms with Crippen molar-refractivity contribution in [3.05, 3.63) is 81.5 Å². The number of aliphatic imine (C=N–C) groups is 1. The van der Waals surface area contributed by atoms with Gasteiger partial charge in [-0.15, -0.1) is 11.3 Å². The number of carbonyl (C=O) groups excluding carboxylic acids is 1. The fraction of sp³-hybridized carbons (Fsp3) is 0.167. The van der Waals surface area contributed by atoms with Crippen molar-refractivity contribution < 1.29 is 9.21 Å². The first-order chi connectivity index (χ1) is 16.5. The third-order valence-electron chi connectivity index (χ3n) is 5.34. The predicted molar refractivity (Wildman–Crippen MR) is 135 cm³/mol. The molecule has 1 atom stereocenters. The fourth-order valence-corrected chi connectivity index (χ4v) is 4.70. The molecule has 172 valence electrons. The van der Waals surface area contributed by atoms with Crippen molar-refractivity contribution >= 4 is 57.1 Å². The van der Waals surface area contributed by atoms with Gasteiger partial charge < -0.3 is 9.73 Å². The molecule has 8 nitrogen and oxygen atoms in total. The lowest BCUT2D eigenvalue weighted by molar-refractivity contribution is -0.113. The number of thiazole rings is 1. The number of carbonyl (C=O) groups is 1. The molecule has 0 radical (unpaired) electrons. The summed E-state index contributed by atoms with van der Waals surface area (Å²) in [6, 6.07) is 14.5. The molecule has 2 aromatic heterocycles. The number of amides is 1. The highest BCUT2D eigenvalue weighted by molar-refractivity contribution is 7.14. The summed E-state index contributed by atoms with van der Waals surface area (Å²) < 4.78 is 5.77. The van der Waals surface area contributed by atoms with E-state index in [2.05, 4.69) is 25.9 Å². The summed E-state index contributed by atoms with van der Waals surface area (Å²) in [5.41, 5.74) is 4.10. The zero-order valence-corrected chi connectivity index (χ0v) is 20.0. The first-order valence-electron chi connectivity index (χ1n) is 10.7. The molecule has 1 aliphatic rings. The quantitative estimate of drug-likeness (QED) is 0.338. The summed E-state index contributed by atoms with van der Waals surface area (Å²) in [4.78, 5) is 27.0. The van der Waals surface area contributed by atoms with Crippen molar-refractivity contribution in [2.45, 2.75) is 26.3 Å². The minimum atomic E-state index is -0.646. The molecule has 1 amide bonds.